The van der Waals surface area contributed by atoms with Crippen molar-refractivity contribution in [1.29, 1.82) is 0 Å². The van der Waals surface area contributed by atoms with Gasteiger partial charge in [-0.3, -0.25) is 4.98 Å². The van der Waals surface area contributed by atoms with E-state index in [2.05, 4.69) is 47.5 Å². The maximum Gasteiger partial charge on any atom is 0.0677 e. The molecule has 0 fully saturated rings. The molecule has 0 aliphatic heterocycles. The lowest BCUT2D eigenvalue weighted by molar-refractivity contribution is 0.0224. The van der Waals surface area contributed by atoms with E-state index < -0.39 is 0 Å². The van der Waals surface area contributed by atoms with Gasteiger partial charge in [-0.1, -0.05) is 0 Å². The Bertz CT molecular complexity index is 269. The van der Waals surface area contributed by atoms with Crippen molar-refractivity contribution in [1.82, 2.24) is 4.98 Å². The van der Waals surface area contributed by atoms with Gasteiger partial charge < -0.3 is 4.74 Å². The van der Waals surface area contributed by atoms with Gasteiger partial charge in [0.15, 0.2) is 0 Å². The van der Waals surface area contributed by atoms with Crippen LogP contribution in [0.4, 0.5) is 0 Å². The number of aromatic nitrogens is 1. The quantitative estimate of drug-likeness (QED) is 0.799. The Morgan fingerprint density at radius 3 is 2.62 bits per heavy atom. The first kappa shape index (κ1) is 10.9. The number of halogens is 1. The summed E-state index contributed by atoms with van der Waals surface area (Å²) < 4.78 is 6.49. The molecule has 1 heterocycles. The van der Waals surface area contributed by atoms with Crippen molar-refractivity contribution in [3.63, 3.8) is 0 Å². The van der Waals surface area contributed by atoms with Crippen LogP contribution in [0.15, 0.2) is 18.3 Å². The highest BCUT2D eigenvalue weighted by Gasteiger charge is 2.17. The zero-order chi connectivity index (χ0) is 9.90. The number of methoxy groups -OCH3 is 1. The molecular formula is C10H14INO. The van der Waals surface area contributed by atoms with Gasteiger partial charge in [-0.05, 0) is 48.6 Å². The van der Waals surface area contributed by atoms with Crippen LogP contribution in [-0.2, 0) is 11.2 Å². The molecule has 0 amide bonds. The minimum Gasteiger partial charge on any atom is -0.378 e. The van der Waals surface area contributed by atoms with Crippen LogP contribution in [0.2, 0.25) is 0 Å². The highest BCUT2D eigenvalue weighted by molar-refractivity contribution is 14.1. The van der Waals surface area contributed by atoms with E-state index in [1.807, 2.05) is 12.3 Å². The third-order valence-electron chi connectivity index (χ3n) is 1.95. The molecule has 0 aromatic carbocycles. The summed E-state index contributed by atoms with van der Waals surface area (Å²) in [5.41, 5.74) is 0.951. The standard InChI is InChI=1S/C10H14INO/c1-10(2,13-3)6-9-5-4-8(11)7-12-9/h4-5,7H,6H2,1-3H3. The maximum absolute atomic E-state index is 5.33. The molecular weight excluding hydrogens is 277 g/mol. The molecule has 1 aromatic rings. The normalized spacial score (nSPS) is 11.7. The fourth-order valence-corrected chi connectivity index (χ4v) is 1.34. The van der Waals surface area contributed by atoms with Crippen molar-refractivity contribution in [3.8, 4) is 0 Å². The molecule has 0 N–H and O–H groups in total. The van der Waals surface area contributed by atoms with Gasteiger partial charge in [-0.15, -0.1) is 0 Å². The van der Waals surface area contributed by atoms with Crippen molar-refractivity contribution < 1.29 is 4.74 Å². The van der Waals surface area contributed by atoms with Gasteiger partial charge in [0.2, 0.25) is 0 Å². The first-order valence-electron chi connectivity index (χ1n) is 4.19. The number of hydrogen-bond donors (Lipinski definition) is 0. The SMILES string of the molecule is COC(C)(C)Cc1ccc(I)cn1. The summed E-state index contributed by atoms with van der Waals surface area (Å²) in [6.07, 6.45) is 2.72. The van der Waals surface area contributed by atoms with Crippen LogP contribution in [0.1, 0.15) is 19.5 Å². The molecule has 1 aromatic heterocycles. The largest absolute Gasteiger partial charge is 0.378 e. The second kappa shape index (κ2) is 4.37. The number of nitrogens with zero attached hydrogens (tertiary/aromatic N) is 1. The summed E-state index contributed by atoms with van der Waals surface area (Å²) >= 11 is 2.25. The van der Waals surface area contributed by atoms with Gasteiger partial charge in [0, 0.05) is 29.0 Å². The molecule has 0 aliphatic carbocycles. The van der Waals surface area contributed by atoms with Crippen LogP contribution in [0.5, 0.6) is 0 Å². The molecule has 0 saturated carbocycles. The summed E-state index contributed by atoms with van der Waals surface area (Å²) in [5.74, 6) is 0. The smallest absolute Gasteiger partial charge is 0.0677 e. The number of ether oxygens (including phenoxy) is 1. The molecule has 0 bridgehead atoms. The Morgan fingerprint density at radius 1 is 1.46 bits per heavy atom. The molecule has 3 heteroatoms. The molecule has 0 spiro atoms. The lowest BCUT2D eigenvalue weighted by Gasteiger charge is -2.22. The van der Waals surface area contributed by atoms with Crippen molar-refractivity contribution >= 4 is 22.6 Å². The Morgan fingerprint density at radius 2 is 2.15 bits per heavy atom. The molecule has 0 saturated heterocycles. The van der Waals surface area contributed by atoms with Crippen molar-refractivity contribution in [2.24, 2.45) is 0 Å². The lowest BCUT2D eigenvalue weighted by atomic mass is 10.0. The van der Waals surface area contributed by atoms with E-state index in [0.29, 0.717) is 0 Å². The number of rotatable bonds is 3. The Labute approximate surface area is 92.9 Å². The fraction of sp³-hybridized carbons (Fsp3) is 0.500. The van der Waals surface area contributed by atoms with Crippen LogP contribution >= 0.6 is 22.6 Å². The van der Waals surface area contributed by atoms with Crippen LogP contribution in [0, 0.1) is 3.57 Å². The molecule has 0 unspecified atom stereocenters. The molecule has 72 valence electrons. The molecule has 0 atom stereocenters. The maximum atomic E-state index is 5.33. The van der Waals surface area contributed by atoms with Crippen LogP contribution < -0.4 is 0 Å². The van der Waals surface area contributed by atoms with Crippen molar-refractivity contribution in [3.05, 3.63) is 27.6 Å². The minimum atomic E-state index is -0.125. The zero-order valence-electron chi connectivity index (χ0n) is 8.17. The van der Waals surface area contributed by atoms with Gasteiger partial charge >= 0.3 is 0 Å². The van der Waals surface area contributed by atoms with Gasteiger partial charge in [-0.25, -0.2) is 0 Å². The molecule has 0 aliphatic rings. The molecule has 13 heavy (non-hydrogen) atoms. The molecule has 2 nitrogen and oxygen atoms in total. The second-order valence-corrected chi connectivity index (χ2v) is 4.85. The summed E-state index contributed by atoms with van der Waals surface area (Å²) in [6.45, 7) is 4.12. The van der Waals surface area contributed by atoms with Gasteiger partial charge in [0.05, 0.1) is 5.60 Å². The minimum absolute atomic E-state index is 0.125. The molecule has 0 radical (unpaired) electrons. The monoisotopic (exact) mass is 291 g/mol. The predicted octanol–water partition coefficient (Wildman–Crippen LogP) is 2.65. The van der Waals surface area contributed by atoms with Crippen molar-refractivity contribution in [2.75, 3.05) is 7.11 Å². The third kappa shape index (κ3) is 3.60. The third-order valence-corrected chi connectivity index (χ3v) is 2.59. The van der Waals surface area contributed by atoms with Crippen LogP contribution in [0.3, 0.4) is 0 Å². The summed E-state index contributed by atoms with van der Waals surface area (Å²) in [4.78, 5) is 4.32. The highest BCUT2D eigenvalue weighted by atomic mass is 127. The Kier molecular flexibility index (Phi) is 3.67. The summed E-state index contributed by atoms with van der Waals surface area (Å²) in [7, 11) is 1.73. The Hall–Kier alpha value is -0.160. The topological polar surface area (TPSA) is 22.1 Å². The fourth-order valence-electron chi connectivity index (χ4n) is 1.02. The predicted molar refractivity (Wildman–Crippen MR) is 61.7 cm³/mol. The van der Waals surface area contributed by atoms with E-state index in [1.54, 1.807) is 7.11 Å². The summed E-state index contributed by atoms with van der Waals surface area (Å²) in [6, 6.07) is 4.11. The van der Waals surface area contributed by atoms with Gasteiger partial charge in [0.1, 0.15) is 0 Å². The van der Waals surface area contributed by atoms with Gasteiger partial charge in [-0.2, -0.15) is 0 Å². The van der Waals surface area contributed by atoms with E-state index in [9.17, 15) is 0 Å². The van der Waals surface area contributed by atoms with E-state index in [-0.39, 0.29) is 5.60 Å². The average molecular weight is 291 g/mol. The van der Waals surface area contributed by atoms with E-state index in [1.165, 1.54) is 0 Å². The van der Waals surface area contributed by atoms with E-state index >= 15 is 0 Å². The van der Waals surface area contributed by atoms with Crippen molar-refractivity contribution in [2.45, 2.75) is 25.9 Å². The van der Waals surface area contributed by atoms with Gasteiger partial charge in [0.25, 0.3) is 0 Å². The highest BCUT2D eigenvalue weighted by Crippen LogP contribution is 2.14. The second-order valence-electron chi connectivity index (χ2n) is 3.61. The lowest BCUT2D eigenvalue weighted by Crippen LogP contribution is -2.25. The van der Waals surface area contributed by atoms with E-state index in [0.717, 1.165) is 15.7 Å². The van der Waals surface area contributed by atoms with E-state index in [4.69, 9.17) is 4.74 Å². The number of pyridine rings is 1. The summed E-state index contributed by atoms with van der Waals surface area (Å²) in [5, 5.41) is 0. The Balaban J connectivity index is 2.69. The van der Waals surface area contributed by atoms with Crippen LogP contribution in [0.25, 0.3) is 0 Å². The first-order chi connectivity index (χ1) is 6.03. The molecule has 1 rings (SSSR count). The zero-order valence-corrected chi connectivity index (χ0v) is 10.3. The van der Waals surface area contributed by atoms with Crippen LogP contribution in [-0.4, -0.2) is 17.7 Å². The first-order valence-corrected chi connectivity index (χ1v) is 5.27. The number of hydrogen-bond acceptors (Lipinski definition) is 2. The average Bonchev–Trinajstić information content (AvgIpc) is 2.09.